The molecule has 0 fully saturated rings. The van der Waals surface area contributed by atoms with E-state index in [1.807, 2.05) is 0 Å². The maximum atomic E-state index is 11.8. The second-order valence-corrected chi connectivity index (χ2v) is 5.92. The van der Waals surface area contributed by atoms with Crippen LogP contribution in [0, 0.1) is 0 Å². The quantitative estimate of drug-likeness (QED) is 0.613. The van der Waals surface area contributed by atoms with Crippen LogP contribution >= 0.6 is 0 Å². The number of nitrogens with one attached hydrogen (secondary N) is 3. The Morgan fingerprint density at radius 2 is 2.15 bits per heavy atom. The van der Waals surface area contributed by atoms with Crippen molar-refractivity contribution in [1.82, 2.24) is 19.9 Å². The Bertz CT molecular complexity index is 542. The van der Waals surface area contributed by atoms with Crippen LogP contribution in [0.3, 0.4) is 0 Å². The van der Waals surface area contributed by atoms with Crippen molar-refractivity contribution < 1.29 is 17.9 Å². The topological polar surface area (TPSA) is 126 Å². The summed E-state index contributed by atoms with van der Waals surface area (Å²) in [6.45, 7) is 5.37. The van der Waals surface area contributed by atoms with Crippen LogP contribution in [0.1, 0.15) is 27.2 Å². The fourth-order valence-electron chi connectivity index (χ4n) is 1.37. The molecule has 20 heavy (non-hydrogen) atoms. The summed E-state index contributed by atoms with van der Waals surface area (Å²) in [6.07, 6.45) is 0.476. The second kappa shape index (κ2) is 7.20. The molecule has 0 saturated heterocycles. The summed E-state index contributed by atoms with van der Waals surface area (Å²) >= 11 is 0. The summed E-state index contributed by atoms with van der Waals surface area (Å²) in [5.41, 5.74) is 0. The molecule has 114 valence electrons. The van der Waals surface area contributed by atoms with Crippen molar-refractivity contribution in [3.63, 3.8) is 0 Å². The molecule has 1 rings (SSSR count). The number of carbonyl (C=O) groups excluding carboxylic acids is 1. The van der Waals surface area contributed by atoms with Gasteiger partial charge in [-0.1, -0.05) is 6.92 Å². The van der Waals surface area contributed by atoms with Crippen molar-refractivity contribution in [1.29, 1.82) is 0 Å². The van der Waals surface area contributed by atoms with Gasteiger partial charge in [-0.05, 0) is 20.3 Å². The van der Waals surface area contributed by atoms with Crippen LogP contribution < -0.4 is 14.8 Å². The third-order valence-electron chi connectivity index (χ3n) is 2.20. The van der Waals surface area contributed by atoms with Gasteiger partial charge in [0.25, 0.3) is 0 Å². The smallest absolute Gasteiger partial charge is 0.337 e. The summed E-state index contributed by atoms with van der Waals surface area (Å²) < 4.78 is 30.4. The zero-order valence-corrected chi connectivity index (χ0v) is 12.5. The Morgan fingerprint density at radius 3 is 2.75 bits per heavy atom. The maximum absolute atomic E-state index is 11.8. The number of sulfonamides is 1. The van der Waals surface area contributed by atoms with E-state index in [1.165, 1.54) is 6.92 Å². The number of ether oxygens (including phenoxy) is 1. The van der Waals surface area contributed by atoms with E-state index in [2.05, 4.69) is 25.2 Å². The lowest BCUT2D eigenvalue weighted by atomic mass is 10.3. The lowest BCUT2D eigenvalue weighted by Gasteiger charge is -2.12. The van der Waals surface area contributed by atoms with E-state index in [-0.39, 0.29) is 17.7 Å². The van der Waals surface area contributed by atoms with Crippen LogP contribution in [0.5, 0.6) is 6.01 Å². The average molecular weight is 305 g/mol. The molecule has 0 aliphatic rings. The Kier molecular flexibility index (Phi) is 5.89. The minimum absolute atomic E-state index is 0.0264. The second-order valence-electron chi connectivity index (χ2n) is 4.05. The van der Waals surface area contributed by atoms with Gasteiger partial charge in [-0.3, -0.25) is 10.1 Å². The molecule has 0 radical (unpaired) electrons. The number of amides is 1. The lowest BCUT2D eigenvalue weighted by Crippen LogP contribution is -2.42. The summed E-state index contributed by atoms with van der Waals surface area (Å²) in [5.74, 6) is -0.467. The van der Waals surface area contributed by atoms with Crippen molar-refractivity contribution in [2.45, 2.75) is 33.2 Å². The average Bonchev–Trinajstić information content (AvgIpc) is 2.76. The van der Waals surface area contributed by atoms with Gasteiger partial charge in [0.15, 0.2) is 0 Å². The van der Waals surface area contributed by atoms with Crippen LogP contribution in [0.2, 0.25) is 0 Å². The number of rotatable bonds is 8. The van der Waals surface area contributed by atoms with E-state index in [4.69, 9.17) is 4.74 Å². The van der Waals surface area contributed by atoms with Gasteiger partial charge < -0.3 is 4.74 Å². The van der Waals surface area contributed by atoms with E-state index < -0.39 is 22.0 Å². The number of aromatic nitrogens is 3. The predicted octanol–water partition coefficient (Wildman–Crippen LogP) is -0.140. The van der Waals surface area contributed by atoms with Crippen LogP contribution in [0.15, 0.2) is 0 Å². The number of carbonyl (C=O) groups is 1. The minimum Gasteiger partial charge on any atom is -0.463 e. The summed E-state index contributed by atoms with van der Waals surface area (Å²) in [5, 5.41) is 8.59. The molecule has 0 spiro atoms. The SMILES string of the molecule is CCCS(=O)(=O)NC(C)C(=O)Nc1nc(OCC)n[nH]1. The van der Waals surface area contributed by atoms with Crippen LogP contribution in [0.4, 0.5) is 5.95 Å². The highest BCUT2D eigenvalue weighted by atomic mass is 32.2. The molecule has 1 aromatic heterocycles. The van der Waals surface area contributed by atoms with Gasteiger partial charge in [-0.2, -0.15) is 4.98 Å². The van der Waals surface area contributed by atoms with Gasteiger partial charge >= 0.3 is 6.01 Å². The van der Waals surface area contributed by atoms with Crippen LogP contribution in [0.25, 0.3) is 0 Å². The van der Waals surface area contributed by atoms with E-state index in [0.717, 1.165) is 0 Å². The monoisotopic (exact) mass is 305 g/mol. The highest BCUT2D eigenvalue weighted by molar-refractivity contribution is 7.89. The standard InChI is InChI=1S/C10H19N5O4S/c1-4-6-20(17,18)15-7(3)8(16)11-9-12-10(14-13-9)19-5-2/h7,15H,4-6H2,1-3H3,(H2,11,12,13,14,16). The molecule has 0 bridgehead atoms. The fraction of sp³-hybridized carbons (Fsp3) is 0.700. The van der Waals surface area contributed by atoms with E-state index in [1.54, 1.807) is 13.8 Å². The molecule has 0 aliphatic carbocycles. The zero-order valence-electron chi connectivity index (χ0n) is 11.6. The highest BCUT2D eigenvalue weighted by Gasteiger charge is 2.20. The third-order valence-corrected chi connectivity index (χ3v) is 3.86. The first-order valence-corrected chi connectivity index (χ1v) is 7.89. The van der Waals surface area contributed by atoms with Crippen molar-refractivity contribution >= 4 is 21.9 Å². The van der Waals surface area contributed by atoms with Gasteiger partial charge in [0.1, 0.15) is 0 Å². The van der Waals surface area contributed by atoms with E-state index >= 15 is 0 Å². The minimum atomic E-state index is -3.45. The molecule has 1 unspecified atom stereocenters. The maximum Gasteiger partial charge on any atom is 0.337 e. The van der Waals surface area contributed by atoms with Crippen molar-refractivity contribution in [3.8, 4) is 6.01 Å². The van der Waals surface area contributed by atoms with Crippen LogP contribution in [-0.2, 0) is 14.8 Å². The Morgan fingerprint density at radius 1 is 1.45 bits per heavy atom. The van der Waals surface area contributed by atoms with Gasteiger partial charge in [0, 0.05) is 0 Å². The first-order chi connectivity index (χ1) is 9.38. The van der Waals surface area contributed by atoms with Crippen LogP contribution in [-0.4, -0.2) is 47.9 Å². The molecule has 0 aromatic carbocycles. The summed E-state index contributed by atoms with van der Waals surface area (Å²) in [4.78, 5) is 15.7. The molecule has 1 heterocycles. The molecule has 0 aliphatic heterocycles. The number of aromatic amines is 1. The Hall–Kier alpha value is -1.68. The molecule has 3 N–H and O–H groups in total. The summed E-state index contributed by atoms with van der Waals surface area (Å²) in [6, 6.07) is -0.797. The zero-order chi connectivity index (χ0) is 15.2. The number of hydrogen-bond donors (Lipinski definition) is 3. The summed E-state index contributed by atoms with van der Waals surface area (Å²) in [7, 11) is -3.45. The number of hydrogen-bond acceptors (Lipinski definition) is 6. The molecule has 1 atom stereocenters. The Balaban J connectivity index is 2.56. The molecule has 1 aromatic rings. The highest BCUT2D eigenvalue weighted by Crippen LogP contribution is 2.06. The number of nitrogens with zero attached hydrogens (tertiary/aromatic N) is 2. The molecule has 9 nitrogen and oxygen atoms in total. The Labute approximate surface area is 117 Å². The predicted molar refractivity (Wildman–Crippen MR) is 72.9 cm³/mol. The van der Waals surface area contributed by atoms with Crippen molar-refractivity contribution in [2.75, 3.05) is 17.7 Å². The molecular weight excluding hydrogens is 286 g/mol. The first-order valence-electron chi connectivity index (χ1n) is 6.24. The molecule has 10 heteroatoms. The first kappa shape index (κ1) is 16.4. The van der Waals surface area contributed by atoms with Gasteiger partial charge in [0.2, 0.25) is 21.9 Å². The largest absolute Gasteiger partial charge is 0.463 e. The fourth-order valence-corrected chi connectivity index (χ4v) is 2.67. The van der Waals surface area contributed by atoms with Gasteiger partial charge in [-0.15, -0.1) is 5.10 Å². The lowest BCUT2D eigenvalue weighted by molar-refractivity contribution is -0.117. The normalized spacial score (nSPS) is 12.9. The van der Waals surface area contributed by atoms with Crippen molar-refractivity contribution in [2.24, 2.45) is 0 Å². The van der Waals surface area contributed by atoms with Gasteiger partial charge in [0.05, 0.1) is 18.4 Å². The van der Waals surface area contributed by atoms with E-state index in [9.17, 15) is 13.2 Å². The van der Waals surface area contributed by atoms with E-state index in [0.29, 0.717) is 13.0 Å². The van der Waals surface area contributed by atoms with Gasteiger partial charge in [-0.25, -0.2) is 18.2 Å². The third kappa shape index (κ3) is 5.13. The number of H-pyrrole nitrogens is 1. The molecule has 1 amide bonds. The molecular formula is C10H19N5O4S. The number of anilines is 1. The van der Waals surface area contributed by atoms with Crippen molar-refractivity contribution in [3.05, 3.63) is 0 Å². The molecule has 0 saturated carbocycles.